The normalized spacial score (nSPS) is 26.1. The van der Waals surface area contributed by atoms with Crippen molar-refractivity contribution in [1.29, 1.82) is 0 Å². The highest BCUT2D eigenvalue weighted by atomic mass is 79.9. The van der Waals surface area contributed by atoms with Crippen LogP contribution in [0.3, 0.4) is 0 Å². The molecule has 0 bridgehead atoms. The Morgan fingerprint density at radius 1 is 1.59 bits per heavy atom. The Morgan fingerprint density at radius 3 is 2.94 bits per heavy atom. The van der Waals surface area contributed by atoms with Gasteiger partial charge in [0.25, 0.3) is 0 Å². The van der Waals surface area contributed by atoms with Crippen LogP contribution in [-0.2, 0) is 11.2 Å². The van der Waals surface area contributed by atoms with Crippen LogP contribution < -0.4 is 0 Å². The van der Waals surface area contributed by atoms with Crippen LogP contribution in [0.2, 0.25) is 5.02 Å². The largest absolute Gasteiger partial charge is 0.392 e. The summed E-state index contributed by atoms with van der Waals surface area (Å²) in [5, 5.41) is 10.9. The Bertz CT molecular complexity index is 397. The summed E-state index contributed by atoms with van der Waals surface area (Å²) < 4.78 is 6.43. The molecule has 1 aromatic rings. The van der Waals surface area contributed by atoms with Gasteiger partial charge in [0, 0.05) is 28.4 Å². The number of ether oxygens (including phenoxy) is 1. The molecule has 1 saturated heterocycles. The highest BCUT2D eigenvalue weighted by molar-refractivity contribution is 9.10. The Labute approximate surface area is 115 Å². The number of rotatable bonds is 3. The van der Waals surface area contributed by atoms with E-state index >= 15 is 0 Å². The molecule has 0 saturated carbocycles. The predicted molar refractivity (Wildman–Crippen MR) is 72.4 cm³/mol. The van der Waals surface area contributed by atoms with Crippen molar-refractivity contribution in [2.45, 2.75) is 32.0 Å². The Balaban J connectivity index is 2.04. The van der Waals surface area contributed by atoms with Crippen molar-refractivity contribution in [2.75, 3.05) is 6.61 Å². The standard InChI is InChI=1S/C13H16BrClO2/c1-8-11(4-5-17-8)13(16)6-9-2-3-10(14)7-12(9)15/h2-3,7-8,11,13,16H,4-6H2,1H3. The van der Waals surface area contributed by atoms with E-state index in [1.165, 1.54) is 0 Å². The molecule has 0 radical (unpaired) electrons. The number of hydrogen-bond donors (Lipinski definition) is 1. The average Bonchev–Trinajstić information content (AvgIpc) is 2.68. The minimum Gasteiger partial charge on any atom is -0.392 e. The minimum absolute atomic E-state index is 0.138. The van der Waals surface area contributed by atoms with Gasteiger partial charge in [-0.2, -0.15) is 0 Å². The fourth-order valence-electron chi connectivity index (χ4n) is 2.32. The molecule has 0 aliphatic carbocycles. The summed E-state index contributed by atoms with van der Waals surface area (Å²) in [5.41, 5.74) is 0.987. The lowest BCUT2D eigenvalue weighted by Crippen LogP contribution is -2.28. The van der Waals surface area contributed by atoms with Gasteiger partial charge in [-0.1, -0.05) is 33.6 Å². The van der Waals surface area contributed by atoms with Gasteiger partial charge in [-0.05, 0) is 31.0 Å². The molecule has 1 heterocycles. The van der Waals surface area contributed by atoms with Crippen molar-refractivity contribution >= 4 is 27.5 Å². The maximum Gasteiger partial charge on any atom is 0.0634 e. The van der Waals surface area contributed by atoms with Gasteiger partial charge in [0.1, 0.15) is 0 Å². The highest BCUT2D eigenvalue weighted by Crippen LogP contribution is 2.28. The topological polar surface area (TPSA) is 29.5 Å². The molecule has 94 valence electrons. The van der Waals surface area contributed by atoms with Crippen molar-refractivity contribution in [2.24, 2.45) is 5.92 Å². The van der Waals surface area contributed by atoms with E-state index in [0.29, 0.717) is 11.4 Å². The third-order valence-corrected chi connectivity index (χ3v) is 4.22. The summed E-state index contributed by atoms with van der Waals surface area (Å²) in [7, 11) is 0. The molecular weight excluding hydrogens is 303 g/mol. The molecule has 17 heavy (non-hydrogen) atoms. The number of halogens is 2. The summed E-state index contributed by atoms with van der Waals surface area (Å²) in [6.45, 7) is 2.76. The molecule has 1 N–H and O–H groups in total. The summed E-state index contributed by atoms with van der Waals surface area (Å²) >= 11 is 9.52. The minimum atomic E-state index is -0.383. The lowest BCUT2D eigenvalue weighted by molar-refractivity contribution is 0.0441. The van der Waals surface area contributed by atoms with Crippen LogP contribution >= 0.6 is 27.5 Å². The van der Waals surface area contributed by atoms with Crippen molar-refractivity contribution in [3.05, 3.63) is 33.3 Å². The molecule has 0 spiro atoms. The summed E-state index contributed by atoms with van der Waals surface area (Å²) in [5.74, 6) is 0.217. The molecule has 4 heteroatoms. The van der Waals surface area contributed by atoms with Crippen LogP contribution in [0, 0.1) is 5.92 Å². The van der Waals surface area contributed by atoms with Gasteiger partial charge in [-0.3, -0.25) is 0 Å². The van der Waals surface area contributed by atoms with Crippen LogP contribution in [0.4, 0.5) is 0 Å². The zero-order valence-corrected chi connectivity index (χ0v) is 12.0. The van der Waals surface area contributed by atoms with Crippen LogP contribution in [0.1, 0.15) is 18.9 Å². The van der Waals surface area contributed by atoms with Crippen LogP contribution in [0.5, 0.6) is 0 Å². The number of aliphatic hydroxyl groups is 1. The van der Waals surface area contributed by atoms with E-state index in [1.807, 2.05) is 25.1 Å². The lowest BCUT2D eigenvalue weighted by atomic mass is 9.91. The smallest absolute Gasteiger partial charge is 0.0634 e. The highest BCUT2D eigenvalue weighted by Gasteiger charge is 2.30. The molecule has 1 fully saturated rings. The van der Waals surface area contributed by atoms with E-state index in [-0.39, 0.29) is 18.1 Å². The second-order valence-electron chi connectivity index (χ2n) is 4.54. The zero-order valence-electron chi connectivity index (χ0n) is 9.70. The average molecular weight is 320 g/mol. The van der Waals surface area contributed by atoms with Crippen molar-refractivity contribution in [3.63, 3.8) is 0 Å². The summed E-state index contributed by atoms with van der Waals surface area (Å²) in [6, 6.07) is 5.76. The Hall–Kier alpha value is -0.0900. The maximum atomic E-state index is 10.2. The van der Waals surface area contributed by atoms with E-state index in [4.69, 9.17) is 16.3 Å². The van der Waals surface area contributed by atoms with Crippen LogP contribution in [-0.4, -0.2) is 23.9 Å². The molecule has 3 unspecified atom stereocenters. The van der Waals surface area contributed by atoms with E-state index in [9.17, 15) is 5.11 Å². The van der Waals surface area contributed by atoms with E-state index in [2.05, 4.69) is 15.9 Å². The predicted octanol–water partition coefficient (Wildman–Crippen LogP) is 3.43. The van der Waals surface area contributed by atoms with Crippen molar-refractivity contribution in [1.82, 2.24) is 0 Å². The Kier molecular flexibility index (Phi) is 4.47. The van der Waals surface area contributed by atoms with Gasteiger partial charge in [0.05, 0.1) is 12.2 Å². The molecule has 2 nitrogen and oxygen atoms in total. The number of aliphatic hydroxyl groups excluding tert-OH is 1. The lowest BCUT2D eigenvalue weighted by Gasteiger charge is -2.21. The molecule has 1 aromatic carbocycles. The zero-order chi connectivity index (χ0) is 12.4. The fraction of sp³-hybridized carbons (Fsp3) is 0.538. The van der Waals surface area contributed by atoms with Gasteiger partial charge in [0.15, 0.2) is 0 Å². The molecule has 0 amide bonds. The molecule has 1 aliphatic heterocycles. The molecule has 1 aliphatic rings. The first-order valence-corrected chi connectivity index (χ1v) is 6.98. The van der Waals surface area contributed by atoms with Gasteiger partial charge in [-0.25, -0.2) is 0 Å². The number of hydrogen-bond acceptors (Lipinski definition) is 2. The Morgan fingerprint density at radius 2 is 2.35 bits per heavy atom. The second-order valence-corrected chi connectivity index (χ2v) is 5.86. The molecule has 2 rings (SSSR count). The quantitative estimate of drug-likeness (QED) is 0.925. The number of benzene rings is 1. The summed E-state index contributed by atoms with van der Waals surface area (Å²) in [4.78, 5) is 0. The SMILES string of the molecule is CC1OCCC1C(O)Cc1ccc(Br)cc1Cl. The molecular formula is C13H16BrClO2. The molecule has 0 aromatic heterocycles. The van der Waals surface area contributed by atoms with Crippen LogP contribution in [0.15, 0.2) is 22.7 Å². The van der Waals surface area contributed by atoms with Gasteiger partial charge < -0.3 is 9.84 Å². The van der Waals surface area contributed by atoms with E-state index in [0.717, 1.165) is 23.1 Å². The third kappa shape index (κ3) is 3.22. The van der Waals surface area contributed by atoms with Crippen molar-refractivity contribution < 1.29 is 9.84 Å². The van der Waals surface area contributed by atoms with Crippen LogP contribution in [0.25, 0.3) is 0 Å². The van der Waals surface area contributed by atoms with Gasteiger partial charge in [-0.15, -0.1) is 0 Å². The second kappa shape index (κ2) is 5.70. The van der Waals surface area contributed by atoms with E-state index in [1.54, 1.807) is 0 Å². The third-order valence-electron chi connectivity index (χ3n) is 3.37. The first kappa shape index (κ1) is 13.3. The summed E-state index contributed by atoms with van der Waals surface area (Å²) in [6.07, 6.45) is 1.27. The molecule has 3 atom stereocenters. The van der Waals surface area contributed by atoms with Gasteiger partial charge in [0.2, 0.25) is 0 Å². The van der Waals surface area contributed by atoms with Gasteiger partial charge >= 0.3 is 0 Å². The first-order valence-electron chi connectivity index (χ1n) is 5.81. The van der Waals surface area contributed by atoms with E-state index < -0.39 is 0 Å². The maximum absolute atomic E-state index is 10.2. The fourth-order valence-corrected chi connectivity index (χ4v) is 3.07. The van der Waals surface area contributed by atoms with Crippen molar-refractivity contribution in [3.8, 4) is 0 Å². The monoisotopic (exact) mass is 318 g/mol. The first-order chi connectivity index (χ1) is 8.08.